The molecule has 4 rings (SSSR count). The number of ether oxygens (including phenoxy) is 1. The van der Waals surface area contributed by atoms with Gasteiger partial charge in [0, 0.05) is 43.3 Å². The van der Waals surface area contributed by atoms with Gasteiger partial charge in [-0.2, -0.15) is 0 Å². The first-order valence-electron chi connectivity index (χ1n) is 12.2. The molecule has 0 fully saturated rings. The van der Waals surface area contributed by atoms with Crippen molar-refractivity contribution in [3.63, 3.8) is 0 Å². The molecule has 0 bridgehead atoms. The summed E-state index contributed by atoms with van der Waals surface area (Å²) in [7, 11) is -3.01. The van der Waals surface area contributed by atoms with Gasteiger partial charge in [0.1, 0.15) is 51.6 Å². The van der Waals surface area contributed by atoms with Crippen LogP contribution in [-0.4, -0.2) is 35.0 Å². The fraction of sp³-hybridized carbons (Fsp3) is 0.286. The van der Waals surface area contributed by atoms with Crippen molar-refractivity contribution < 1.29 is 26.4 Å². The first kappa shape index (κ1) is 27.3. The van der Waals surface area contributed by atoms with Gasteiger partial charge in [-0.3, -0.25) is 0 Å². The molecule has 0 spiro atoms. The van der Waals surface area contributed by atoms with Gasteiger partial charge in [0.2, 0.25) is 5.89 Å². The molecule has 0 saturated carbocycles. The summed E-state index contributed by atoms with van der Waals surface area (Å²) in [5.74, 6) is 0.495. The van der Waals surface area contributed by atoms with E-state index in [4.69, 9.17) is 9.15 Å². The van der Waals surface area contributed by atoms with Gasteiger partial charge < -0.3 is 13.7 Å². The Bertz CT molecular complexity index is 1460. The summed E-state index contributed by atoms with van der Waals surface area (Å²) >= 11 is 0. The Morgan fingerprint density at radius 3 is 2.53 bits per heavy atom. The molecule has 0 saturated heterocycles. The largest absolute Gasteiger partial charge is 0.487 e. The third-order valence-corrected chi connectivity index (χ3v) is 6.83. The van der Waals surface area contributed by atoms with Crippen LogP contribution in [0.25, 0.3) is 12.2 Å². The number of unbranched alkanes of at least 4 members (excludes halogenated alkanes) is 1. The second-order valence-electron chi connectivity index (χ2n) is 8.95. The molecule has 4 aromatic rings. The van der Waals surface area contributed by atoms with Gasteiger partial charge in [-0.25, -0.2) is 27.2 Å². The number of sulfone groups is 1. The van der Waals surface area contributed by atoms with E-state index in [1.54, 1.807) is 6.20 Å². The Morgan fingerprint density at radius 1 is 1.03 bits per heavy atom. The monoisotopic (exact) mass is 541 g/mol. The zero-order valence-electron chi connectivity index (χ0n) is 21.0. The minimum absolute atomic E-state index is 0.101. The molecular weight excluding hydrogens is 512 g/mol. The summed E-state index contributed by atoms with van der Waals surface area (Å²) in [6, 6.07) is 11.5. The van der Waals surface area contributed by atoms with E-state index in [1.807, 2.05) is 35.0 Å². The lowest BCUT2D eigenvalue weighted by atomic mass is 10.1. The van der Waals surface area contributed by atoms with Crippen LogP contribution in [0.15, 0.2) is 65.5 Å². The van der Waals surface area contributed by atoms with Gasteiger partial charge in [0.15, 0.2) is 0 Å². The molecule has 0 radical (unpaired) electrons. The molecule has 0 aliphatic rings. The van der Waals surface area contributed by atoms with Crippen molar-refractivity contribution in [2.45, 2.75) is 38.8 Å². The lowest BCUT2D eigenvalue weighted by Gasteiger charge is -2.08. The molecule has 2 aromatic heterocycles. The van der Waals surface area contributed by atoms with Crippen LogP contribution in [0.4, 0.5) is 8.78 Å². The standard InChI is InChI=1S/C28H29F2N3O4S/c1-38(34,35)18-14-27-31-15-17-33(27)16-3-2-5-21-8-10-23(11-9-21)36-19-22-20-37-28(32-22)13-12-24-25(29)6-4-7-26(24)30/h4,6-13,15,17,20H,2-3,5,14,16,18-19H2,1H3. The van der Waals surface area contributed by atoms with Crippen LogP contribution in [-0.2, 0) is 35.8 Å². The van der Waals surface area contributed by atoms with Gasteiger partial charge in [-0.1, -0.05) is 18.2 Å². The quantitative estimate of drug-likeness (QED) is 0.208. The Morgan fingerprint density at radius 2 is 1.79 bits per heavy atom. The molecular formula is C28H29F2N3O4S. The number of hydrogen-bond acceptors (Lipinski definition) is 6. The summed E-state index contributed by atoms with van der Waals surface area (Å²) in [5, 5.41) is 0. The van der Waals surface area contributed by atoms with E-state index in [0.29, 0.717) is 17.9 Å². The number of imidazole rings is 1. The highest BCUT2D eigenvalue weighted by molar-refractivity contribution is 7.90. The van der Waals surface area contributed by atoms with Crippen LogP contribution >= 0.6 is 0 Å². The van der Waals surface area contributed by atoms with Crippen LogP contribution in [0.5, 0.6) is 5.75 Å². The number of halogens is 2. The van der Waals surface area contributed by atoms with Crippen LogP contribution in [0.3, 0.4) is 0 Å². The average Bonchev–Trinajstić information content (AvgIpc) is 3.53. The zero-order valence-corrected chi connectivity index (χ0v) is 21.8. The Balaban J connectivity index is 1.20. The lowest BCUT2D eigenvalue weighted by Crippen LogP contribution is -2.11. The molecule has 0 aliphatic carbocycles. The minimum Gasteiger partial charge on any atom is -0.487 e. The van der Waals surface area contributed by atoms with Crippen molar-refractivity contribution in [1.29, 1.82) is 0 Å². The van der Waals surface area contributed by atoms with Gasteiger partial charge in [-0.15, -0.1) is 0 Å². The third-order valence-electron chi connectivity index (χ3n) is 5.88. The van der Waals surface area contributed by atoms with Gasteiger partial charge in [0.25, 0.3) is 0 Å². The molecule has 10 heteroatoms. The molecule has 0 N–H and O–H groups in total. The number of benzene rings is 2. The lowest BCUT2D eigenvalue weighted by molar-refractivity contribution is 0.301. The Hall–Kier alpha value is -3.79. The molecule has 0 aliphatic heterocycles. The second-order valence-corrected chi connectivity index (χ2v) is 11.2. The van der Waals surface area contributed by atoms with E-state index in [0.717, 1.165) is 31.6 Å². The molecule has 7 nitrogen and oxygen atoms in total. The Labute approximate surface area is 220 Å². The first-order valence-corrected chi connectivity index (χ1v) is 14.3. The highest BCUT2D eigenvalue weighted by Gasteiger charge is 2.09. The maximum atomic E-state index is 13.7. The van der Waals surface area contributed by atoms with Crippen molar-refractivity contribution in [2.24, 2.45) is 0 Å². The number of hydrogen-bond donors (Lipinski definition) is 0. The molecule has 0 atom stereocenters. The average molecular weight is 542 g/mol. The van der Waals surface area contributed by atoms with Crippen molar-refractivity contribution in [3.8, 4) is 5.75 Å². The van der Waals surface area contributed by atoms with Crippen LogP contribution < -0.4 is 4.74 Å². The zero-order chi connectivity index (χ0) is 27.0. The first-order chi connectivity index (χ1) is 18.3. The predicted molar refractivity (Wildman–Crippen MR) is 141 cm³/mol. The third kappa shape index (κ3) is 8.11. The topological polar surface area (TPSA) is 87.2 Å². The smallest absolute Gasteiger partial charge is 0.218 e. The van der Waals surface area contributed by atoms with Crippen molar-refractivity contribution in [1.82, 2.24) is 14.5 Å². The van der Waals surface area contributed by atoms with E-state index in [2.05, 4.69) is 9.97 Å². The number of aromatic nitrogens is 3. The van der Waals surface area contributed by atoms with E-state index < -0.39 is 21.5 Å². The summed E-state index contributed by atoms with van der Waals surface area (Å²) in [5.41, 5.74) is 1.59. The Kier molecular flexibility index (Phi) is 9.06. The predicted octanol–water partition coefficient (Wildman–Crippen LogP) is 5.51. The van der Waals surface area contributed by atoms with E-state index in [1.165, 1.54) is 48.4 Å². The SMILES string of the molecule is CS(=O)(=O)CCc1nccn1CCCCc1ccc(OCc2coc(C=Cc3c(F)cccc3F)n2)cc1. The van der Waals surface area contributed by atoms with Gasteiger partial charge in [0.05, 0.1) is 5.75 Å². The number of nitrogens with zero attached hydrogens (tertiary/aromatic N) is 3. The fourth-order valence-corrected chi connectivity index (χ4v) is 4.41. The molecule has 200 valence electrons. The van der Waals surface area contributed by atoms with Gasteiger partial charge in [-0.05, 0) is 55.2 Å². The summed E-state index contributed by atoms with van der Waals surface area (Å²) < 4.78 is 63.4. The van der Waals surface area contributed by atoms with Gasteiger partial charge >= 0.3 is 0 Å². The molecule has 0 amide bonds. The van der Waals surface area contributed by atoms with Crippen LogP contribution in [0.1, 0.15) is 41.4 Å². The van der Waals surface area contributed by atoms with Crippen molar-refractivity contribution >= 4 is 22.0 Å². The molecule has 0 unspecified atom stereocenters. The summed E-state index contributed by atoms with van der Waals surface area (Å²) in [6.07, 6.45) is 12.2. The number of oxazole rings is 1. The highest BCUT2D eigenvalue weighted by Crippen LogP contribution is 2.18. The van der Waals surface area contributed by atoms with E-state index in [9.17, 15) is 17.2 Å². The van der Waals surface area contributed by atoms with Crippen molar-refractivity contribution in [3.05, 3.63) is 101 Å². The van der Waals surface area contributed by atoms with Crippen molar-refractivity contribution in [2.75, 3.05) is 12.0 Å². The number of rotatable bonds is 13. The highest BCUT2D eigenvalue weighted by atomic mass is 32.2. The van der Waals surface area contributed by atoms with E-state index >= 15 is 0 Å². The fourth-order valence-electron chi connectivity index (χ4n) is 3.86. The second kappa shape index (κ2) is 12.6. The normalized spacial score (nSPS) is 11.9. The molecule has 38 heavy (non-hydrogen) atoms. The van der Waals surface area contributed by atoms with E-state index in [-0.39, 0.29) is 23.8 Å². The van der Waals surface area contributed by atoms with Crippen LogP contribution in [0.2, 0.25) is 0 Å². The molecule has 2 aromatic carbocycles. The number of aryl methyl sites for hydroxylation is 3. The minimum atomic E-state index is -3.01. The maximum absolute atomic E-state index is 13.7. The molecule has 2 heterocycles. The maximum Gasteiger partial charge on any atom is 0.218 e. The summed E-state index contributed by atoms with van der Waals surface area (Å²) in [6.45, 7) is 0.988. The van der Waals surface area contributed by atoms with Crippen LogP contribution in [0, 0.1) is 11.6 Å². The summed E-state index contributed by atoms with van der Waals surface area (Å²) in [4.78, 5) is 8.54.